The third-order valence-electron chi connectivity index (χ3n) is 2.62. The fraction of sp³-hybridized carbons (Fsp3) is 0.909. The molecule has 1 amide bonds. The zero-order valence-corrected chi connectivity index (χ0v) is 9.82. The predicted molar refractivity (Wildman–Crippen MR) is 58.0 cm³/mol. The zero-order chi connectivity index (χ0) is 11.5. The van der Waals surface area contributed by atoms with Crippen LogP contribution in [0.2, 0.25) is 0 Å². The molecular weight excluding hydrogens is 194 g/mol. The van der Waals surface area contributed by atoms with Gasteiger partial charge in [-0.3, -0.25) is 0 Å². The molecule has 0 spiro atoms. The lowest BCUT2D eigenvalue weighted by atomic mass is 9.93. The average Bonchev–Trinajstić information content (AvgIpc) is 2.50. The standard InChI is InChI=1S/C11H21NO3/c1-11(2,3)5-7-15-9-4-6-12(8-9)10(13)14/h9H,4-8H2,1-3H3,(H,13,14). The Morgan fingerprint density at radius 2 is 2.20 bits per heavy atom. The Labute approximate surface area is 91.2 Å². The lowest BCUT2D eigenvalue weighted by molar-refractivity contribution is 0.0433. The first-order chi connectivity index (χ1) is 6.88. The Hall–Kier alpha value is -0.770. The van der Waals surface area contributed by atoms with E-state index in [1.807, 2.05) is 0 Å². The van der Waals surface area contributed by atoms with Gasteiger partial charge in [-0.2, -0.15) is 0 Å². The van der Waals surface area contributed by atoms with E-state index in [9.17, 15) is 4.79 Å². The second-order valence-electron chi connectivity index (χ2n) is 5.32. The molecule has 1 heterocycles. The predicted octanol–water partition coefficient (Wildman–Crippen LogP) is 2.19. The Kier molecular flexibility index (Phi) is 3.97. The highest BCUT2D eigenvalue weighted by molar-refractivity contribution is 5.65. The van der Waals surface area contributed by atoms with E-state index in [0.29, 0.717) is 13.1 Å². The summed E-state index contributed by atoms with van der Waals surface area (Å²) in [5.74, 6) is 0. The second kappa shape index (κ2) is 4.84. The van der Waals surface area contributed by atoms with E-state index in [-0.39, 0.29) is 11.5 Å². The molecule has 0 radical (unpaired) electrons. The summed E-state index contributed by atoms with van der Waals surface area (Å²) in [6.07, 6.45) is 1.10. The van der Waals surface area contributed by atoms with Crippen molar-refractivity contribution < 1.29 is 14.6 Å². The lowest BCUT2D eigenvalue weighted by Crippen LogP contribution is -2.28. The topological polar surface area (TPSA) is 49.8 Å². The van der Waals surface area contributed by atoms with Gasteiger partial charge in [-0.05, 0) is 18.3 Å². The van der Waals surface area contributed by atoms with Gasteiger partial charge in [-0.1, -0.05) is 20.8 Å². The van der Waals surface area contributed by atoms with Crippen LogP contribution in [0.25, 0.3) is 0 Å². The molecule has 4 nitrogen and oxygen atoms in total. The SMILES string of the molecule is CC(C)(C)CCOC1CCN(C(=O)O)C1. The van der Waals surface area contributed by atoms with Gasteiger partial charge in [-0.15, -0.1) is 0 Å². The van der Waals surface area contributed by atoms with E-state index in [0.717, 1.165) is 19.4 Å². The van der Waals surface area contributed by atoms with Crippen molar-refractivity contribution in [1.82, 2.24) is 4.90 Å². The van der Waals surface area contributed by atoms with Crippen LogP contribution in [0.1, 0.15) is 33.6 Å². The minimum absolute atomic E-state index is 0.100. The summed E-state index contributed by atoms with van der Waals surface area (Å²) in [5, 5.41) is 8.76. The number of carbonyl (C=O) groups is 1. The van der Waals surface area contributed by atoms with Crippen LogP contribution in [0.5, 0.6) is 0 Å². The summed E-state index contributed by atoms with van der Waals surface area (Å²) in [5.41, 5.74) is 0.283. The summed E-state index contributed by atoms with van der Waals surface area (Å²) in [6.45, 7) is 8.38. The van der Waals surface area contributed by atoms with Crippen molar-refractivity contribution in [3.8, 4) is 0 Å². The van der Waals surface area contributed by atoms with Crippen LogP contribution in [-0.2, 0) is 4.74 Å². The Balaban J connectivity index is 2.17. The molecule has 1 aliphatic rings. The van der Waals surface area contributed by atoms with Crippen molar-refractivity contribution in [3.05, 3.63) is 0 Å². The molecule has 1 saturated heterocycles. The number of hydrogen-bond donors (Lipinski definition) is 1. The van der Waals surface area contributed by atoms with Crippen molar-refractivity contribution in [3.63, 3.8) is 0 Å². The van der Waals surface area contributed by atoms with Crippen LogP contribution in [0.3, 0.4) is 0 Å². The largest absolute Gasteiger partial charge is 0.465 e. The van der Waals surface area contributed by atoms with Crippen LogP contribution in [0, 0.1) is 5.41 Å². The summed E-state index contributed by atoms with van der Waals surface area (Å²) in [4.78, 5) is 12.1. The molecule has 88 valence electrons. The summed E-state index contributed by atoms with van der Waals surface area (Å²) in [7, 11) is 0. The number of amides is 1. The van der Waals surface area contributed by atoms with E-state index in [1.54, 1.807) is 0 Å². The highest BCUT2D eigenvalue weighted by atomic mass is 16.5. The van der Waals surface area contributed by atoms with Gasteiger partial charge in [-0.25, -0.2) is 4.79 Å². The second-order valence-corrected chi connectivity index (χ2v) is 5.32. The number of nitrogens with zero attached hydrogens (tertiary/aromatic N) is 1. The average molecular weight is 215 g/mol. The molecule has 1 aliphatic heterocycles. The molecule has 1 fully saturated rings. The lowest BCUT2D eigenvalue weighted by Gasteiger charge is -2.19. The van der Waals surface area contributed by atoms with E-state index >= 15 is 0 Å². The molecular formula is C11H21NO3. The van der Waals surface area contributed by atoms with E-state index < -0.39 is 6.09 Å². The summed E-state index contributed by atoms with van der Waals surface area (Å²) in [6, 6.07) is 0. The highest BCUT2D eigenvalue weighted by Gasteiger charge is 2.26. The van der Waals surface area contributed by atoms with Crippen LogP contribution in [0.15, 0.2) is 0 Å². The molecule has 0 aromatic heterocycles. The molecule has 1 rings (SSSR count). The molecule has 0 aromatic carbocycles. The van der Waals surface area contributed by atoms with Crippen molar-refractivity contribution in [2.45, 2.75) is 39.7 Å². The molecule has 0 aliphatic carbocycles. The molecule has 0 aromatic rings. The molecule has 15 heavy (non-hydrogen) atoms. The van der Waals surface area contributed by atoms with E-state index in [2.05, 4.69) is 20.8 Å². The van der Waals surface area contributed by atoms with Gasteiger partial charge < -0.3 is 14.7 Å². The third-order valence-corrected chi connectivity index (χ3v) is 2.62. The smallest absolute Gasteiger partial charge is 0.407 e. The first kappa shape index (κ1) is 12.3. The maximum absolute atomic E-state index is 10.7. The van der Waals surface area contributed by atoms with E-state index in [1.165, 1.54) is 4.90 Å². The first-order valence-electron chi connectivity index (χ1n) is 5.48. The maximum atomic E-state index is 10.7. The molecule has 1 N–H and O–H groups in total. The van der Waals surface area contributed by atoms with Gasteiger partial charge in [0, 0.05) is 13.2 Å². The van der Waals surface area contributed by atoms with Gasteiger partial charge in [0.15, 0.2) is 0 Å². The third kappa shape index (κ3) is 4.51. The number of rotatable bonds is 3. The normalized spacial score (nSPS) is 22.1. The zero-order valence-electron chi connectivity index (χ0n) is 9.82. The van der Waals surface area contributed by atoms with Gasteiger partial charge in [0.1, 0.15) is 0 Å². The first-order valence-corrected chi connectivity index (χ1v) is 5.48. The summed E-state index contributed by atoms with van der Waals surface area (Å²) >= 11 is 0. The molecule has 4 heteroatoms. The fourth-order valence-corrected chi connectivity index (χ4v) is 1.57. The summed E-state index contributed by atoms with van der Waals surface area (Å²) < 4.78 is 5.65. The van der Waals surface area contributed by atoms with Gasteiger partial charge >= 0.3 is 6.09 Å². The molecule has 1 unspecified atom stereocenters. The van der Waals surface area contributed by atoms with Crippen molar-refractivity contribution in [2.24, 2.45) is 5.41 Å². The minimum atomic E-state index is -0.836. The molecule has 0 saturated carbocycles. The van der Waals surface area contributed by atoms with Gasteiger partial charge in [0.2, 0.25) is 0 Å². The van der Waals surface area contributed by atoms with Gasteiger partial charge in [0.25, 0.3) is 0 Å². The van der Waals surface area contributed by atoms with Gasteiger partial charge in [0.05, 0.1) is 12.6 Å². The molecule has 0 bridgehead atoms. The van der Waals surface area contributed by atoms with Crippen LogP contribution in [0.4, 0.5) is 4.79 Å². The highest BCUT2D eigenvalue weighted by Crippen LogP contribution is 2.20. The van der Waals surface area contributed by atoms with Crippen LogP contribution in [-0.4, -0.2) is 41.9 Å². The Morgan fingerprint density at radius 1 is 1.53 bits per heavy atom. The van der Waals surface area contributed by atoms with Crippen LogP contribution < -0.4 is 0 Å². The number of carboxylic acid groups (broad SMARTS) is 1. The van der Waals surface area contributed by atoms with Crippen molar-refractivity contribution in [1.29, 1.82) is 0 Å². The molecule has 1 atom stereocenters. The van der Waals surface area contributed by atoms with Crippen molar-refractivity contribution >= 4 is 6.09 Å². The maximum Gasteiger partial charge on any atom is 0.407 e. The minimum Gasteiger partial charge on any atom is -0.465 e. The van der Waals surface area contributed by atoms with E-state index in [4.69, 9.17) is 9.84 Å². The Morgan fingerprint density at radius 3 is 2.67 bits per heavy atom. The van der Waals surface area contributed by atoms with Crippen LogP contribution >= 0.6 is 0 Å². The number of ether oxygens (including phenoxy) is 1. The fourth-order valence-electron chi connectivity index (χ4n) is 1.57. The monoisotopic (exact) mass is 215 g/mol. The Bertz CT molecular complexity index is 222. The number of hydrogen-bond acceptors (Lipinski definition) is 2. The number of likely N-dealkylation sites (tertiary alicyclic amines) is 1. The van der Waals surface area contributed by atoms with Crippen molar-refractivity contribution in [2.75, 3.05) is 19.7 Å². The quantitative estimate of drug-likeness (QED) is 0.785.